The summed E-state index contributed by atoms with van der Waals surface area (Å²) in [5.41, 5.74) is 17.2. The lowest BCUT2D eigenvalue weighted by molar-refractivity contribution is 0.232. The fourth-order valence-corrected chi connectivity index (χ4v) is 3.85. The van der Waals surface area contributed by atoms with Crippen molar-refractivity contribution < 1.29 is 9.47 Å². The van der Waals surface area contributed by atoms with Gasteiger partial charge in [-0.2, -0.15) is 0 Å². The van der Waals surface area contributed by atoms with Gasteiger partial charge in [-0.3, -0.25) is 0 Å². The number of hydrogen-bond acceptors (Lipinski definition) is 4. The first-order valence-corrected chi connectivity index (χ1v) is 12.4. The molecule has 0 heterocycles. The van der Waals surface area contributed by atoms with Crippen LogP contribution in [0.1, 0.15) is 61.8 Å². The Kier molecular flexibility index (Phi) is 9.85. The normalized spacial score (nSPS) is 12.3. The molecule has 0 aromatic heterocycles. The van der Waals surface area contributed by atoms with Gasteiger partial charge in [-0.15, -0.1) is 0 Å². The monoisotopic (exact) mass is 470 g/mol. The zero-order valence-corrected chi connectivity index (χ0v) is 21.2. The van der Waals surface area contributed by atoms with Gasteiger partial charge in [0.25, 0.3) is 0 Å². The number of nitrogen functional groups attached to an aromatic ring is 2. The fraction of sp³-hybridized carbons (Fsp3) is 0.290. The van der Waals surface area contributed by atoms with E-state index in [0.717, 1.165) is 51.5 Å². The molecule has 1 atom stereocenters. The van der Waals surface area contributed by atoms with Crippen LogP contribution in [0.3, 0.4) is 0 Å². The standard InChI is InChI=1S/C31H38N2O2/c1-4-6-7-23(5-2)22-35-31-21-26(14-8-24-10-16-28(32)17-11-24)30(34-3)20-27(31)15-9-25-12-18-29(33)19-13-25/h8-21,23H,4-7,22,32-33H2,1-3H3/b14-8+,15-9+. The van der Waals surface area contributed by atoms with E-state index in [1.807, 2.05) is 54.6 Å². The summed E-state index contributed by atoms with van der Waals surface area (Å²) in [5, 5.41) is 0. The molecule has 0 aliphatic heterocycles. The largest absolute Gasteiger partial charge is 0.496 e. The van der Waals surface area contributed by atoms with E-state index >= 15 is 0 Å². The van der Waals surface area contributed by atoms with Crippen LogP contribution in [0.5, 0.6) is 11.5 Å². The predicted molar refractivity (Wildman–Crippen MR) is 151 cm³/mol. The van der Waals surface area contributed by atoms with E-state index in [4.69, 9.17) is 20.9 Å². The summed E-state index contributed by atoms with van der Waals surface area (Å²) in [6.45, 7) is 5.17. The Morgan fingerprint density at radius 2 is 1.26 bits per heavy atom. The summed E-state index contributed by atoms with van der Waals surface area (Å²) >= 11 is 0. The van der Waals surface area contributed by atoms with Crippen molar-refractivity contribution in [2.24, 2.45) is 5.92 Å². The second-order valence-electron chi connectivity index (χ2n) is 8.86. The molecule has 35 heavy (non-hydrogen) atoms. The minimum Gasteiger partial charge on any atom is -0.496 e. The quantitative estimate of drug-likeness (QED) is 0.209. The molecule has 0 fully saturated rings. The molecule has 0 aliphatic carbocycles. The highest BCUT2D eigenvalue weighted by Gasteiger charge is 2.12. The van der Waals surface area contributed by atoms with Crippen molar-refractivity contribution in [1.82, 2.24) is 0 Å². The third kappa shape index (κ3) is 7.96. The van der Waals surface area contributed by atoms with Crippen molar-refractivity contribution in [1.29, 1.82) is 0 Å². The van der Waals surface area contributed by atoms with Crippen LogP contribution in [0.4, 0.5) is 11.4 Å². The minimum absolute atomic E-state index is 0.541. The van der Waals surface area contributed by atoms with E-state index < -0.39 is 0 Å². The van der Waals surface area contributed by atoms with Gasteiger partial charge in [0.2, 0.25) is 0 Å². The van der Waals surface area contributed by atoms with E-state index in [1.54, 1.807) is 7.11 Å². The number of rotatable bonds is 12. The molecule has 4 nitrogen and oxygen atoms in total. The van der Waals surface area contributed by atoms with Gasteiger partial charge in [0.05, 0.1) is 13.7 Å². The van der Waals surface area contributed by atoms with Crippen LogP contribution in [0.2, 0.25) is 0 Å². The maximum atomic E-state index is 6.43. The van der Waals surface area contributed by atoms with Crippen LogP contribution in [-0.2, 0) is 0 Å². The molecule has 4 N–H and O–H groups in total. The second-order valence-corrected chi connectivity index (χ2v) is 8.86. The molecular weight excluding hydrogens is 432 g/mol. The Morgan fingerprint density at radius 3 is 1.74 bits per heavy atom. The fourth-order valence-electron chi connectivity index (χ4n) is 3.85. The van der Waals surface area contributed by atoms with Gasteiger partial charge in [0.15, 0.2) is 0 Å². The van der Waals surface area contributed by atoms with Crippen LogP contribution < -0.4 is 20.9 Å². The maximum Gasteiger partial charge on any atom is 0.127 e. The van der Waals surface area contributed by atoms with Gasteiger partial charge in [-0.25, -0.2) is 0 Å². The Morgan fingerprint density at radius 1 is 0.743 bits per heavy atom. The molecule has 0 saturated heterocycles. The first-order valence-electron chi connectivity index (χ1n) is 12.4. The summed E-state index contributed by atoms with van der Waals surface area (Å²) in [6.07, 6.45) is 13.0. The van der Waals surface area contributed by atoms with E-state index in [9.17, 15) is 0 Å². The van der Waals surface area contributed by atoms with Gasteiger partial charge in [-0.05, 0) is 59.9 Å². The van der Waals surface area contributed by atoms with Gasteiger partial charge in [-0.1, -0.05) is 81.7 Å². The zero-order chi connectivity index (χ0) is 25.0. The number of hydrogen-bond donors (Lipinski definition) is 2. The Hall–Kier alpha value is -3.66. The highest BCUT2D eigenvalue weighted by atomic mass is 16.5. The molecule has 1 unspecified atom stereocenters. The van der Waals surface area contributed by atoms with Crippen molar-refractivity contribution in [3.63, 3.8) is 0 Å². The molecule has 3 aromatic rings. The average Bonchev–Trinajstić information content (AvgIpc) is 2.88. The lowest BCUT2D eigenvalue weighted by atomic mass is 10.0. The van der Waals surface area contributed by atoms with Crippen molar-refractivity contribution in [2.45, 2.75) is 39.5 Å². The van der Waals surface area contributed by atoms with Gasteiger partial charge < -0.3 is 20.9 Å². The highest BCUT2D eigenvalue weighted by Crippen LogP contribution is 2.33. The number of ether oxygens (including phenoxy) is 2. The Labute approximate surface area is 210 Å². The van der Waals surface area contributed by atoms with E-state index in [2.05, 4.69) is 44.2 Å². The molecule has 0 aliphatic rings. The number of anilines is 2. The van der Waals surface area contributed by atoms with Crippen LogP contribution >= 0.6 is 0 Å². The summed E-state index contributed by atoms with van der Waals surface area (Å²) in [5.74, 6) is 2.18. The van der Waals surface area contributed by atoms with Crippen molar-refractivity contribution in [3.05, 3.63) is 82.9 Å². The molecule has 0 spiro atoms. The minimum atomic E-state index is 0.541. The lowest BCUT2D eigenvalue weighted by Crippen LogP contribution is -2.12. The van der Waals surface area contributed by atoms with Gasteiger partial charge in [0, 0.05) is 22.5 Å². The van der Waals surface area contributed by atoms with E-state index in [1.165, 1.54) is 19.3 Å². The number of benzene rings is 3. The first kappa shape index (κ1) is 26.0. The summed E-state index contributed by atoms with van der Waals surface area (Å²) in [7, 11) is 1.70. The first-order chi connectivity index (χ1) is 17.0. The van der Waals surface area contributed by atoms with Crippen LogP contribution in [-0.4, -0.2) is 13.7 Å². The Balaban J connectivity index is 1.93. The maximum absolute atomic E-state index is 6.43. The van der Waals surface area contributed by atoms with Gasteiger partial charge in [0.1, 0.15) is 11.5 Å². The van der Waals surface area contributed by atoms with Crippen molar-refractivity contribution in [3.8, 4) is 11.5 Å². The molecule has 3 rings (SSSR count). The van der Waals surface area contributed by atoms with Gasteiger partial charge >= 0.3 is 0 Å². The second kappa shape index (κ2) is 13.3. The van der Waals surface area contributed by atoms with Crippen LogP contribution in [0, 0.1) is 5.92 Å². The average molecular weight is 471 g/mol. The van der Waals surface area contributed by atoms with E-state index in [0.29, 0.717) is 12.5 Å². The molecule has 0 amide bonds. The molecule has 0 radical (unpaired) electrons. The molecule has 0 bridgehead atoms. The number of nitrogens with two attached hydrogens (primary N) is 2. The van der Waals surface area contributed by atoms with Crippen LogP contribution in [0.15, 0.2) is 60.7 Å². The molecule has 0 saturated carbocycles. The predicted octanol–water partition coefficient (Wildman–Crippen LogP) is 7.80. The highest BCUT2D eigenvalue weighted by molar-refractivity contribution is 5.79. The smallest absolute Gasteiger partial charge is 0.127 e. The van der Waals surface area contributed by atoms with Crippen LogP contribution in [0.25, 0.3) is 24.3 Å². The third-order valence-electron chi connectivity index (χ3n) is 6.16. The molecule has 3 aromatic carbocycles. The summed E-state index contributed by atoms with van der Waals surface area (Å²) < 4.78 is 12.2. The SMILES string of the molecule is CCCCC(CC)COc1cc(/C=C/c2ccc(N)cc2)c(OC)cc1/C=C/c1ccc(N)cc1. The number of unbranched alkanes of at least 4 members (excludes halogenated alkanes) is 1. The molecular formula is C31H38N2O2. The van der Waals surface area contributed by atoms with Crippen molar-refractivity contribution >= 4 is 35.7 Å². The molecule has 184 valence electrons. The summed E-state index contributed by atoms with van der Waals surface area (Å²) in [4.78, 5) is 0. The summed E-state index contributed by atoms with van der Waals surface area (Å²) in [6, 6.07) is 19.7. The number of methoxy groups -OCH3 is 1. The lowest BCUT2D eigenvalue weighted by Gasteiger charge is -2.18. The molecule has 4 heteroatoms. The topological polar surface area (TPSA) is 70.5 Å². The third-order valence-corrected chi connectivity index (χ3v) is 6.16. The van der Waals surface area contributed by atoms with Crippen molar-refractivity contribution in [2.75, 3.05) is 25.2 Å². The van der Waals surface area contributed by atoms with E-state index in [-0.39, 0.29) is 0 Å². The Bertz CT molecular complexity index is 1120. The zero-order valence-electron chi connectivity index (χ0n) is 21.2.